The Labute approximate surface area is 139 Å². The summed E-state index contributed by atoms with van der Waals surface area (Å²) < 4.78 is 0. The Bertz CT molecular complexity index is 759. The highest BCUT2D eigenvalue weighted by Gasteiger charge is 2.51. The first kappa shape index (κ1) is 14.8. The van der Waals surface area contributed by atoms with Gasteiger partial charge in [-0.3, -0.25) is 9.69 Å². The predicted molar refractivity (Wildman–Crippen MR) is 90.7 cm³/mol. The predicted octanol–water partition coefficient (Wildman–Crippen LogP) is 2.36. The summed E-state index contributed by atoms with van der Waals surface area (Å²) in [5.41, 5.74) is 1.86. The number of likely N-dealkylation sites (N-methyl/N-ethyl adjacent to an activating group) is 1. The number of benzene rings is 1. The maximum Gasteiger partial charge on any atom is 0.238 e. The maximum atomic E-state index is 13.0. The molecule has 1 amide bonds. The van der Waals surface area contributed by atoms with E-state index in [1.165, 1.54) is 5.56 Å². The van der Waals surface area contributed by atoms with Crippen molar-refractivity contribution in [1.29, 1.82) is 0 Å². The van der Waals surface area contributed by atoms with E-state index in [2.05, 4.69) is 27.2 Å². The van der Waals surface area contributed by atoms with Gasteiger partial charge in [-0.25, -0.2) is 0 Å². The number of rotatable bonds is 2. The molecule has 23 heavy (non-hydrogen) atoms. The molecular formula is C17H20N4OS. The minimum atomic E-state index is -0.386. The van der Waals surface area contributed by atoms with Gasteiger partial charge in [0.1, 0.15) is 10.0 Å². The van der Waals surface area contributed by atoms with E-state index in [9.17, 15) is 4.79 Å². The van der Waals surface area contributed by atoms with Crippen LogP contribution in [0.3, 0.4) is 0 Å². The highest BCUT2D eigenvalue weighted by Crippen LogP contribution is 2.46. The largest absolute Gasteiger partial charge is 0.314 e. The monoisotopic (exact) mass is 328 g/mol. The second-order valence-electron chi connectivity index (χ2n) is 6.49. The van der Waals surface area contributed by atoms with Crippen molar-refractivity contribution in [2.45, 2.75) is 31.7 Å². The Morgan fingerprint density at radius 1 is 1.30 bits per heavy atom. The Balaban J connectivity index is 1.65. The molecule has 6 heteroatoms. The fourth-order valence-electron chi connectivity index (χ4n) is 3.98. The molecule has 0 bridgehead atoms. The van der Waals surface area contributed by atoms with E-state index in [0.717, 1.165) is 48.2 Å². The van der Waals surface area contributed by atoms with Gasteiger partial charge in [-0.2, -0.15) is 0 Å². The van der Waals surface area contributed by atoms with Crippen molar-refractivity contribution in [3.63, 3.8) is 0 Å². The van der Waals surface area contributed by atoms with Crippen LogP contribution in [-0.4, -0.2) is 41.1 Å². The van der Waals surface area contributed by atoms with Crippen LogP contribution in [-0.2, 0) is 16.8 Å². The van der Waals surface area contributed by atoms with Crippen LogP contribution in [0.5, 0.6) is 0 Å². The van der Waals surface area contributed by atoms with Crippen LogP contribution in [0.1, 0.15) is 28.4 Å². The molecule has 2 aliphatic heterocycles. The third-order valence-electron chi connectivity index (χ3n) is 4.99. The Kier molecular flexibility index (Phi) is 3.46. The Hall–Kier alpha value is -1.79. The molecule has 120 valence electrons. The van der Waals surface area contributed by atoms with Crippen molar-refractivity contribution in [2.24, 2.45) is 0 Å². The van der Waals surface area contributed by atoms with Crippen molar-refractivity contribution in [3.05, 3.63) is 39.8 Å². The van der Waals surface area contributed by atoms with Gasteiger partial charge < -0.3 is 4.90 Å². The first-order valence-electron chi connectivity index (χ1n) is 7.99. The third kappa shape index (κ3) is 2.28. The molecule has 2 aromatic rings. The Morgan fingerprint density at radius 2 is 2.13 bits per heavy atom. The molecule has 0 saturated carbocycles. The summed E-state index contributed by atoms with van der Waals surface area (Å²) in [6.45, 7) is 4.54. The number of anilines is 1. The minimum Gasteiger partial charge on any atom is -0.314 e. The van der Waals surface area contributed by atoms with E-state index in [0.29, 0.717) is 0 Å². The number of hydrogen-bond acceptors (Lipinski definition) is 5. The molecule has 1 spiro atoms. The summed E-state index contributed by atoms with van der Waals surface area (Å²) in [6, 6.07) is 8.22. The fourth-order valence-corrected chi connectivity index (χ4v) is 4.73. The lowest BCUT2D eigenvalue weighted by Gasteiger charge is -2.39. The Morgan fingerprint density at radius 3 is 2.91 bits per heavy atom. The SMILES string of the molecule is Cc1nnc(CN2CCC[C@@]3(C2)C(=O)N(C)c2ccccc23)s1. The number of carbonyl (C=O) groups excluding carboxylic acids is 1. The number of hydrogen-bond donors (Lipinski definition) is 0. The van der Waals surface area contributed by atoms with Crippen LogP contribution in [0, 0.1) is 6.92 Å². The van der Waals surface area contributed by atoms with Crippen molar-refractivity contribution in [1.82, 2.24) is 15.1 Å². The molecule has 0 aliphatic carbocycles. The molecule has 5 nitrogen and oxygen atoms in total. The number of piperidine rings is 1. The summed E-state index contributed by atoms with van der Waals surface area (Å²) in [5, 5.41) is 10.4. The van der Waals surface area contributed by atoms with Gasteiger partial charge in [0.15, 0.2) is 0 Å². The average Bonchev–Trinajstić information content (AvgIpc) is 3.05. The smallest absolute Gasteiger partial charge is 0.238 e. The van der Waals surface area contributed by atoms with Crippen molar-refractivity contribution in [2.75, 3.05) is 25.0 Å². The molecule has 1 aromatic carbocycles. The molecule has 1 atom stereocenters. The van der Waals surface area contributed by atoms with E-state index in [1.54, 1.807) is 11.3 Å². The minimum absolute atomic E-state index is 0.233. The molecule has 4 rings (SSSR count). The number of nitrogens with zero attached hydrogens (tertiary/aromatic N) is 4. The number of aromatic nitrogens is 2. The molecule has 2 aliphatic rings. The highest BCUT2D eigenvalue weighted by atomic mass is 32.1. The molecule has 0 radical (unpaired) electrons. The van der Waals surface area contributed by atoms with Gasteiger partial charge >= 0.3 is 0 Å². The zero-order valence-electron chi connectivity index (χ0n) is 13.5. The highest BCUT2D eigenvalue weighted by molar-refractivity contribution is 7.11. The summed E-state index contributed by atoms with van der Waals surface area (Å²) in [5.74, 6) is 0.233. The second-order valence-corrected chi connectivity index (χ2v) is 7.76. The van der Waals surface area contributed by atoms with Gasteiger partial charge in [0.2, 0.25) is 5.91 Å². The van der Waals surface area contributed by atoms with Crippen molar-refractivity contribution >= 4 is 22.9 Å². The van der Waals surface area contributed by atoms with E-state index in [4.69, 9.17) is 0 Å². The summed E-state index contributed by atoms with van der Waals surface area (Å²) >= 11 is 1.64. The lowest BCUT2D eigenvalue weighted by Crippen LogP contribution is -2.51. The molecule has 0 unspecified atom stereocenters. The molecule has 0 N–H and O–H groups in total. The number of para-hydroxylation sites is 1. The third-order valence-corrected chi connectivity index (χ3v) is 5.82. The molecule has 1 saturated heterocycles. The van der Waals surface area contributed by atoms with Crippen LogP contribution in [0.2, 0.25) is 0 Å². The van der Waals surface area contributed by atoms with Crippen LogP contribution in [0.25, 0.3) is 0 Å². The number of amides is 1. The lowest BCUT2D eigenvalue weighted by molar-refractivity contribution is -0.125. The van der Waals surface area contributed by atoms with Gasteiger partial charge in [-0.05, 0) is 37.9 Å². The van der Waals surface area contributed by atoms with Crippen LogP contribution in [0.15, 0.2) is 24.3 Å². The number of aryl methyl sites for hydroxylation is 1. The number of carbonyl (C=O) groups is 1. The first-order valence-corrected chi connectivity index (χ1v) is 8.81. The van der Waals surface area contributed by atoms with E-state index in [-0.39, 0.29) is 11.3 Å². The standard InChI is InChI=1S/C17H20N4OS/c1-12-18-19-15(23-12)10-21-9-5-8-17(11-21)13-6-3-4-7-14(13)20(2)16(17)22/h3-4,6-7H,5,8-11H2,1-2H3/t17-/m0/s1. The first-order chi connectivity index (χ1) is 11.1. The zero-order chi connectivity index (χ0) is 16.0. The van der Waals surface area contributed by atoms with Gasteiger partial charge in [0.25, 0.3) is 0 Å². The van der Waals surface area contributed by atoms with Crippen LogP contribution in [0.4, 0.5) is 5.69 Å². The molecule has 1 aromatic heterocycles. The zero-order valence-corrected chi connectivity index (χ0v) is 14.3. The molecule has 1 fully saturated rings. The van der Waals surface area contributed by atoms with Gasteiger partial charge in [0, 0.05) is 19.3 Å². The van der Waals surface area contributed by atoms with Crippen molar-refractivity contribution < 1.29 is 4.79 Å². The maximum absolute atomic E-state index is 13.0. The van der Waals surface area contributed by atoms with Crippen LogP contribution < -0.4 is 4.90 Å². The van der Waals surface area contributed by atoms with Gasteiger partial charge in [-0.15, -0.1) is 21.5 Å². The second kappa shape index (κ2) is 5.39. The van der Waals surface area contributed by atoms with Crippen LogP contribution >= 0.6 is 11.3 Å². The topological polar surface area (TPSA) is 49.3 Å². The number of fused-ring (bicyclic) bond motifs is 2. The van der Waals surface area contributed by atoms with Gasteiger partial charge in [0.05, 0.1) is 12.0 Å². The summed E-state index contributed by atoms with van der Waals surface area (Å²) in [4.78, 5) is 17.2. The summed E-state index contributed by atoms with van der Waals surface area (Å²) in [7, 11) is 1.89. The number of likely N-dealkylation sites (tertiary alicyclic amines) is 1. The summed E-state index contributed by atoms with van der Waals surface area (Å²) in [6.07, 6.45) is 1.96. The van der Waals surface area contributed by atoms with Gasteiger partial charge in [-0.1, -0.05) is 18.2 Å². The quantitative estimate of drug-likeness (QED) is 0.849. The lowest BCUT2D eigenvalue weighted by atomic mass is 9.75. The van der Waals surface area contributed by atoms with E-state index in [1.807, 2.05) is 31.0 Å². The van der Waals surface area contributed by atoms with Crippen molar-refractivity contribution in [3.8, 4) is 0 Å². The van der Waals surface area contributed by atoms with E-state index >= 15 is 0 Å². The normalized spacial score (nSPS) is 24.4. The van der Waals surface area contributed by atoms with E-state index < -0.39 is 0 Å². The molecule has 3 heterocycles. The average molecular weight is 328 g/mol. The fraction of sp³-hybridized carbons (Fsp3) is 0.471. The molecular weight excluding hydrogens is 308 g/mol.